The van der Waals surface area contributed by atoms with E-state index in [2.05, 4.69) is 15.7 Å². The largest absolute Gasteiger partial charge is 0.496 e. The summed E-state index contributed by atoms with van der Waals surface area (Å²) in [6, 6.07) is 5.88. The number of nitrogens with one attached hydrogen (secondary N) is 1. The van der Waals surface area contributed by atoms with Crippen molar-refractivity contribution in [3.8, 4) is 17.2 Å². The molecule has 0 fully saturated rings. The Kier molecular flexibility index (Phi) is 7.69. The standard InChI is InChI=1S/C24H34N2O5S/c1-16-12-21(29-4)17(2)18(3)24(16)32(27,28)25-9-7-10-26-11-8-19-13-22(30-5)23(31-6)14-20(19)15-26/h12-14,25H,7-11,15H2,1-6H3. The minimum Gasteiger partial charge on any atom is -0.496 e. The van der Waals surface area contributed by atoms with Crippen LogP contribution in [0.3, 0.4) is 0 Å². The van der Waals surface area contributed by atoms with Crippen LogP contribution in [-0.4, -0.2) is 54.3 Å². The minimum atomic E-state index is -3.59. The minimum absolute atomic E-state index is 0.351. The van der Waals surface area contributed by atoms with Gasteiger partial charge in [-0.2, -0.15) is 0 Å². The third-order valence-electron chi connectivity index (χ3n) is 6.21. The number of hydrogen-bond donors (Lipinski definition) is 1. The first kappa shape index (κ1) is 24.4. The maximum Gasteiger partial charge on any atom is 0.241 e. The van der Waals surface area contributed by atoms with Crippen LogP contribution in [0.15, 0.2) is 23.1 Å². The number of ether oxygens (including phenoxy) is 3. The fourth-order valence-electron chi connectivity index (χ4n) is 4.36. The number of aryl methyl sites for hydroxylation is 1. The molecular weight excluding hydrogens is 428 g/mol. The van der Waals surface area contributed by atoms with Crippen LogP contribution in [0.5, 0.6) is 17.2 Å². The Hall–Kier alpha value is -2.29. The second kappa shape index (κ2) is 10.1. The first-order valence-electron chi connectivity index (χ1n) is 10.8. The van der Waals surface area contributed by atoms with Gasteiger partial charge < -0.3 is 14.2 Å². The Morgan fingerprint density at radius 3 is 2.16 bits per heavy atom. The molecule has 1 aliphatic heterocycles. The smallest absolute Gasteiger partial charge is 0.241 e. The van der Waals surface area contributed by atoms with E-state index < -0.39 is 10.0 Å². The Bertz CT molecular complexity index is 1080. The lowest BCUT2D eigenvalue weighted by molar-refractivity contribution is 0.250. The zero-order valence-corrected chi connectivity index (χ0v) is 20.7. The molecule has 2 aromatic carbocycles. The monoisotopic (exact) mass is 462 g/mol. The lowest BCUT2D eigenvalue weighted by atomic mass is 9.98. The SMILES string of the molecule is COc1cc2c(cc1OC)CN(CCCNS(=O)(=O)c1c(C)cc(OC)c(C)c1C)CC2. The van der Waals surface area contributed by atoms with Crippen LogP contribution in [-0.2, 0) is 23.0 Å². The van der Waals surface area contributed by atoms with Crippen LogP contribution in [0.25, 0.3) is 0 Å². The van der Waals surface area contributed by atoms with Crippen LogP contribution in [0, 0.1) is 20.8 Å². The Morgan fingerprint density at radius 1 is 0.906 bits per heavy atom. The van der Waals surface area contributed by atoms with Crippen LogP contribution in [0.2, 0.25) is 0 Å². The highest BCUT2D eigenvalue weighted by Crippen LogP contribution is 2.33. The fraction of sp³-hybridized carbons (Fsp3) is 0.500. The lowest BCUT2D eigenvalue weighted by Gasteiger charge is -2.29. The van der Waals surface area contributed by atoms with Crippen molar-refractivity contribution < 1.29 is 22.6 Å². The van der Waals surface area contributed by atoms with Gasteiger partial charge in [0.15, 0.2) is 11.5 Å². The third-order valence-corrected chi connectivity index (χ3v) is 7.96. The van der Waals surface area contributed by atoms with Gasteiger partial charge in [0.1, 0.15) is 5.75 Å². The summed E-state index contributed by atoms with van der Waals surface area (Å²) >= 11 is 0. The van der Waals surface area contributed by atoms with E-state index in [9.17, 15) is 8.42 Å². The molecule has 3 rings (SSSR count). The number of methoxy groups -OCH3 is 3. The Balaban J connectivity index is 1.60. The molecule has 32 heavy (non-hydrogen) atoms. The van der Waals surface area contributed by atoms with Gasteiger partial charge in [-0.05, 0) is 86.2 Å². The van der Waals surface area contributed by atoms with E-state index in [1.165, 1.54) is 11.1 Å². The van der Waals surface area contributed by atoms with E-state index >= 15 is 0 Å². The lowest BCUT2D eigenvalue weighted by Crippen LogP contribution is -2.34. The molecular formula is C24H34N2O5S. The highest BCUT2D eigenvalue weighted by atomic mass is 32.2. The van der Waals surface area contributed by atoms with Gasteiger partial charge in [-0.1, -0.05) is 0 Å². The average Bonchev–Trinajstić information content (AvgIpc) is 2.77. The van der Waals surface area contributed by atoms with Crippen molar-refractivity contribution in [3.05, 3.63) is 46.0 Å². The predicted molar refractivity (Wildman–Crippen MR) is 126 cm³/mol. The van der Waals surface area contributed by atoms with Gasteiger partial charge in [0.05, 0.1) is 26.2 Å². The van der Waals surface area contributed by atoms with Crippen molar-refractivity contribution in [2.24, 2.45) is 0 Å². The van der Waals surface area contributed by atoms with Crippen LogP contribution in [0.1, 0.15) is 34.2 Å². The number of fused-ring (bicyclic) bond motifs is 1. The van der Waals surface area contributed by atoms with Gasteiger partial charge >= 0.3 is 0 Å². The summed E-state index contributed by atoms with van der Waals surface area (Å²) in [7, 11) is 1.30. The number of nitrogens with zero attached hydrogens (tertiary/aromatic N) is 1. The van der Waals surface area contributed by atoms with Gasteiger partial charge in [-0.15, -0.1) is 0 Å². The van der Waals surface area contributed by atoms with E-state index in [-0.39, 0.29) is 0 Å². The molecule has 7 nitrogen and oxygen atoms in total. The van der Waals surface area contributed by atoms with Gasteiger partial charge in [0.2, 0.25) is 10.0 Å². The molecule has 0 bridgehead atoms. The zero-order chi connectivity index (χ0) is 23.5. The number of benzene rings is 2. The molecule has 1 N–H and O–H groups in total. The number of rotatable bonds is 9. The summed E-state index contributed by atoms with van der Waals surface area (Å²) in [6.07, 6.45) is 1.67. The molecule has 0 aromatic heterocycles. The van der Waals surface area contributed by atoms with E-state index in [1.807, 2.05) is 19.9 Å². The maximum atomic E-state index is 13.0. The Morgan fingerprint density at radius 2 is 1.53 bits per heavy atom. The molecule has 0 atom stereocenters. The van der Waals surface area contributed by atoms with E-state index in [1.54, 1.807) is 34.3 Å². The summed E-state index contributed by atoms with van der Waals surface area (Å²) in [5, 5.41) is 0. The third kappa shape index (κ3) is 5.03. The maximum absolute atomic E-state index is 13.0. The van der Waals surface area contributed by atoms with Crippen molar-refractivity contribution in [2.45, 2.75) is 45.1 Å². The van der Waals surface area contributed by atoms with Crippen molar-refractivity contribution >= 4 is 10.0 Å². The first-order valence-corrected chi connectivity index (χ1v) is 12.3. The average molecular weight is 463 g/mol. The van der Waals surface area contributed by atoms with Crippen LogP contribution < -0.4 is 18.9 Å². The Labute approximate surface area is 191 Å². The molecule has 8 heteroatoms. The zero-order valence-electron chi connectivity index (χ0n) is 19.9. The highest BCUT2D eigenvalue weighted by Gasteiger charge is 2.23. The highest BCUT2D eigenvalue weighted by molar-refractivity contribution is 7.89. The van der Waals surface area contributed by atoms with E-state index in [0.29, 0.717) is 22.8 Å². The molecule has 0 spiro atoms. The molecule has 1 heterocycles. The normalized spacial score (nSPS) is 14.2. The van der Waals surface area contributed by atoms with E-state index in [4.69, 9.17) is 14.2 Å². The predicted octanol–water partition coefficient (Wildman–Crippen LogP) is 3.36. The number of sulfonamides is 1. The quantitative estimate of drug-likeness (QED) is 0.576. The topological polar surface area (TPSA) is 77.1 Å². The fourth-order valence-corrected chi connectivity index (χ4v) is 5.96. The van der Waals surface area contributed by atoms with Crippen molar-refractivity contribution in [3.63, 3.8) is 0 Å². The second-order valence-corrected chi connectivity index (χ2v) is 9.93. The molecule has 2 aromatic rings. The summed E-state index contributed by atoms with van der Waals surface area (Å²) in [4.78, 5) is 2.69. The van der Waals surface area contributed by atoms with Crippen LogP contribution in [0.4, 0.5) is 0 Å². The van der Waals surface area contributed by atoms with Gasteiger partial charge in [0.25, 0.3) is 0 Å². The molecule has 1 aliphatic rings. The van der Waals surface area contributed by atoms with Crippen LogP contribution >= 0.6 is 0 Å². The molecule has 0 saturated carbocycles. The molecule has 0 aliphatic carbocycles. The van der Waals surface area contributed by atoms with Crippen molar-refractivity contribution in [2.75, 3.05) is 41.0 Å². The summed E-state index contributed by atoms with van der Waals surface area (Å²) in [6.45, 7) is 8.47. The molecule has 0 saturated heterocycles. The molecule has 0 unspecified atom stereocenters. The van der Waals surface area contributed by atoms with Crippen molar-refractivity contribution in [1.82, 2.24) is 9.62 Å². The molecule has 176 valence electrons. The molecule has 0 amide bonds. The second-order valence-electron chi connectivity index (χ2n) is 8.23. The van der Waals surface area contributed by atoms with Crippen molar-refractivity contribution in [1.29, 1.82) is 0 Å². The van der Waals surface area contributed by atoms with Gasteiger partial charge in [0, 0.05) is 19.6 Å². The van der Waals surface area contributed by atoms with Gasteiger partial charge in [-0.3, -0.25) is 4.90 Å². The molecule has 0 radical (unpaired) electrons. The van der Waals surface area contributed by atoms with E-state index in [0.717, 1.165) is 55.1 Å². The summed E-state index contributed by atoms with van der Waals surface area (Å²) in [5.74, 6) is 2.20. The summed E-state index contributed by atoms with van der Waals surface area (Å²) in [5.41, 5.74) is 4.77. The first-order chi connectivity index (χ1) is 15.2. The number of hydrogen-bond acceptors (Lipinski definition) is 6. The van der Waals surface area contributed by atoms with Gasteiger partial charge in [-0.25, -0.2) is 13.1 Å². The summed E-state index contributed by atoms with van der Waals surface area (Å²) < 4.78 is 44.9.